The zero-order valence-corrected chi connectivity index (χ0v) is 16.9. The van der Waals surface area contributed by atoms with Crippen molar-refractivity contribution in [3.05, 3.63) is 35.8 Å². The Bertz CT molecular complexity index is 839. The van der Waals surface area contributed by atoms with Gasteiger partial charge in [-0.05, 0) is 31.2 Å². The highest BCUT2D eigenvalue weighted by molar-refractivity contribution is 7.98. The molecule has 0 saturated carbocycles. The summed E-state index contributed by atoms with van der Waals surface area (Å²) in [7, 11) is 0. The van der Waals surface area contributed by atoms with E-state index in [1.54, 1.807) is 24.0 Å². The van der Waals surface area contributed by atoms with Crippen LogP contribution in [0, 0.1) is 11.3 Å². The predicted molar refractivity (Wildman–Crippen MR) is 110 cm³/mol. The first-order valence-corrected chi connectivity index (χ1v) is 10.9. The van der Waals surface area contributed by atoms with Crippen molar-refractivity contribution in [2.75, 3.05) is 55.4 Å². The summed E-state index contributed by atoms with van der Waals surface area (Å²) in [6, 6.07) is 7.99. The molecule has 0 spiro atoms. The molecular weight excluding hydrogens is 372 g/mol. The van der Waals surface area contributed by atoms with Crippen LogP contribution in [0.4, 0.5) is 11.5 Å². The van der Waals surface area contributed by atoms with Crippen LogP contribution in [0.25, 0.3) is 0 Å². The lowest BCUT2D eigenvalue weighted by Gasteiger charge is -2.37. The summed E-state index contributed by atoms with van der Waals surface area (Å²) in [4.78, 5) is 18.4. The Labute approximate surface area is 169 Å². The third-order valence-electron chi connectivity index (χ3n) is 5.37. The van der Waals surface area contributed by atoms with Crippen molar-refractivity contribution >= 4 is 23.3 Å². The van der Waals surface area contributed by atoms with Gasteiger partial charge in [0.15, 0.2) is 5.16 Å². The highest BCUT2D eigenvalue weighted by Crippen LogP contribution is 2.29. The molecule has 2 fully saturated rings. The monoisotopic (exact) mass is 396 g/mol. The third-order valence-corrected chi connectivity index (χ3v) is 5.91. The van der Waals surface area contributed by atoms with Gasteiger partial charge in [-0.2, -0.15) is 5.26 Å². The van der Waals surface area contributed by atoms with Crippen molar-refractivity contribution in [3.8, 4) is 6.07 Å². The lowest BCUT2D eigenvalue weighted by molar-refractivity contribution is 0.0843. The number of ether oxygens (including phenoxy) is 1. The third kappa shape index (κ3) is 4.21. The number of rotatable bonds is 4. The molecule has 2 aromatic heterocycles. The minimum atomic E-state index is 0.452. The van der Waals surface area contributed by atoms with Crippen LogP contribution in [0.5, 0.6) is 0 Å². The number of anilines is 2. The average molecular weight is 397 g/mol. The number of hydrogen-bond donors (Lipinski definition) is 0. The van der Waals surface area contributed by atoms with Crippen molar-refractivity contribution in [2.45, 2.75) is 23.9 Å². The summed E-state index contributed by atoms with van der Waals surface area (Å²) < 4.78 is 5.51. The summed E-state index contributed by atoms with van der Waals surface area (Å²) in [5, 5.41) is 9.75. The molecule has 4 heterocycles. The first-order valence-electron chi connectivity index (χ1n) is 9.63. The molecular formula is C20H24N6OS. The Morgan fingerprint density at radius 1 is 1.11 bits per heavy atom. The number of pyridine rings is 1. The summed E-state index contributed by atoms with van der Waals surface area (Å²) >= 11 is 1.60. The standard InChI is InChI=1S/C20H24N6OS/c1-28-20-23-18(15-4-10-27-11-5-15)12-19(24-20)26-8-6-25(7-9-26)17-3-2-16(13-21)22-14-17/h2-3,12,14-15H,4-11H2,1H3. The molecule has 0 aromatic carbocycles. The lowest BCUT2D eigenvalue weighted by Crippen LogP contribution is -2.47. The molecule has 0 atom stereocenters. The van der Waals surface area contributed by atoms with E-state index in [2.05, 4.69) is 26.9 Å². The van der Waals surface area contributed by atoms with E-state index in [-0.39, 0.29) is 0 Å². The maximum atomic E-state index is 8.91. The second kappa shape index (κ2) is 8.76. The molecule has 146 valence electrons. The van der Waals surface area contributed by atoms with Crippen LogP contribution in [-0.4, -0.2) is 60.6 Å². The van der Waals surface area contributed by atoms with Crippen molar-refractivity contribution in [1.29, 1.82) is 5.26 Å². The van der Waals surface area contributed by atoms with Gasteiger partial charge in [0.2, 0.25) is 0 Å². The quantitative estimate of drug-likeness (QED) is 0.577. The van der Waals surface area contributed by atoms with E-state index < -0.39 is 0 Å². The number of thioether (sulfide) groups is 1. The van der Waals surface area contributed by atoms with Gasteiger partial charge in [-0.15, -0.1) is 0 Å². The van der Waals surface area contributed by atoms with E-state index in [4.69, 9.17) is 20.0 Å². The number of aromatic nitrogens is 3. The van der Waals surface area contributed by atoms with Crippen molar-refractivity contribution in [2.24, 2.45) is 0 Å². The Morgan fingerprint density at radius 2 is 1.86 bits per heavy atom. The Kier molecular flexibility index (Phi) is 5.93. The van der Waals surface area contributed by atoms with Gasteiger partial charge in [0, 0.05) is 51.4 Å². The zero-order valence-electron chi connectivity index (χ0n) is 16.0. The Balaban J connectivity index is 1.46. The Morgan fingerprint density at radius 3 is 2.50 bits per heavy atom. The molecule has 0 unspecified atom stereocenters. The van der Waals surface area contributed by atoms with Crippen LogP contribution in [-0.2, 0) is 4.74 Å². The zero-order chi connectivity index (χ0) is 19.3. The average Bonchev–Trinajstić information content (AvgIpc) is 2.79. The normalized spacial score (nSPS) is 18.1. The van der Waals surface area contributed by atoms with Gasteiger partial charge in [-0.25, -0.2) is 15.0 Å². The van der Waals surface area contributed by atoms with Crippen LogP contribution in [0.2, 0.25) is 0 Å². The fourth-order valence-corrected chi connectivity index (χ4v) is 4.10. The summed E-state index contributed by atoms with van der Waals surface area (Å²) in [6.45, 7) is 5.24. The largest absolute Gasteiger partial charge is 0.381 e. The van der Waals surface area contributed by atoms with Gasteiger partial charge in [0.1, 0.15) is 17.6 Å². The molecule has 0 radical (unpaired) electrons. The molecule has 0 N–H and O–H groups in total. The molecule has 0 aliphatic carbocycles. The fraction of sp³-hybridized carbons (Fsp3) is 0.500. The molecule has 4 rings (SSSR count). The van der Waals surface area contributed by atoms with Crippen molar-refractivity contribution in [3.63, 3.8) is 0 Å². The maximum absolute atomic E-state index is 8.91. The molecule has 2 saturated heterocycles. The van der Waals surface area contributed by atoms with Crippen LogP contribution < -0.4 is 9.80 Å². The molecule has 8 heteroatoms. The minimum absolute atomic E-state index is 0.452. The van der Waals surface area contributed by atoms with E-state index in [9.17, 15) is 0 Å². The number of nitrogens with zero attached hydrogens (tertiary/aromatic N) is 6. The SMILES string of the molecule is CSc1nc(C2CCOCC2)cc(N2CCN(c3ccc(C#N)nc3)CC2)n1. The van der Waals surface area contributed by atoms with E-state index >= 15 is 0 Å². The van der Waals surface area contributed by atoms with E-state index in [1.165, 1.54) is 0 Å². The minimum Gasteiger partial charge on any atom is -0.381 e. The van der Waals surface area contributed by atoms with Crippen molar-refractivity contribution in [1.82, 2.24) is 15.0 Å². The van der Waals surface area contributed by atoms with Gasteiger partial charge < -0.3 is 14.5 Å². The summed E-state index contributed by atoms with van der Waals surface area (Å²) in [5.41, 5.74) is 2.67. The lowest BCUT2D eigenvalue weighted by atomic mass is 9.96. The van der Waals surface area contributed by atoms with Crippen LogP contribution in [0.1, 0.15) is 30.1 Å². The van der Waals surface area contributed by atoms with Gasteiger partial charge in [-0.3, -0.25) is 0 Å². The molecule has 0 amide bonds. The Hall–Kier alpha value is -2.37. The summed E-state index contributed by atoms with van der Waals surface area (Å²) in [6.07, 6.45) is 5.88. The first-order chi connectivity index (χ1) is 13.8. The fourth-order valence-electron chi connectivity index (χ4n) is 3.72. The molecule has 7 nitrogen and oxygen atoms in total. The molecule has 2 aliphatic rings. The number of nitriles is 1. The maximum Gasteiger partial charge on any atom is 0.189 e. The van der Waals surface area contributed by atoms with Crippen LogP contribution in [0.3, 0.4) is 0 Å². The molecule has 28 heavy (non-hydrogen) atoms. The summed E-state index contributed by atoms with van der Waals surface area (Å²) in [5.74, 6) is 1.49. The highest BCUT2D eigenvalue weighted by Gasteiger charge is 2.23. The number of hydrogen-bond acceptors (Lipinski definition) is 8. The van der Waals surface area contributed by atoms with E-state index in [1.807, 2.05) is 12.3 Å². The van der Waals surface area contributed by atoms with Crippen LogP contribution in [0.15, 0.2) is 29.6 Å². The highest BCUT2D eigenvalue weighted by atomic mass is 32.2. The van der Waals surface area contributed by atoms with Gasteiger partial charge >= 0.3 is 0 Å². The second-order valence-corrected chi connectivity index (χ2v) is 7.79. The van der Waals surface area contributed by atoms with Crippen LogP contribution >= 0.6 is 11.8 Å². The molecule has 2 aromatic rings. The topological polar surface area (TPSA) is 78.2 Å². The van der Waals surface area contributed by atoms with Gasteiger partial charge in [-0.1, -0.05) is 11.8 Å². The smallest absolute Gasteiger partial charge is 0.189 e. The number of piperazine rings is 1. The molecule has 0 bridgehead atoms. The van der Waals surface area contributed by atoms with Gasteiger partial charge in [0.25, 0.3) is 0 Å². The van der Waals surface area contributed by atoms with Crippen molar-refractivity contribution < 1.29 is 4.74 Å². The molecule has 2 aliphatic heterocycles. The van der Waals surface area contributed by atoms with E-state index in [0.29, 0.717) is 11.6 Å². The first kappa shape index (κ1) is 19.0. The predicted octanol–water partition coefficient (Wildman–Crippen LogP) is 2.69. The van der Waals surface area contributed by atoms with Gasteiger partial charge in [0.05, 0.1) is 17.6 Å². The van der Waals surface area contributed by atoms with E-state index in [0.717, 1.165) is 74.6 Å². The second-order valence-electron chi connectivity index (χ2n) is 7.01.